The van der Waals surface area contributed by atoms with Crippen LogP contribution in [0.1, 0.15) is 36.5 Å². The number of halogens is 1. The SMILES string of the molecule is Cc1cc(Oc2c(F)cccc2CCN)ccc1C(C)C. The minimum atomic E-state index is -0.355. The number of hydrogen-bond acceptors (Lipinski definition) is 2. The second-order valence-electron chi connectivity index (χ2n) is 5.54. The zero-order valence-electron chi connectivity index (χ0n) is 12.8. The van der Waals surface area contributed by atoms with Gasteiger partial charge in [0.15, 0.2) is 11.6 Å². The number of benzene rings is 2. The molecule has 2 aromatic carbocycles. The summed E-state index contributed by atoms with van der Waals surface area (Å²) in [5.74, 6) is 1.03. The summed E-state index contributed by atoms with van der Waals surface area (Å²) in [7, 11) is 0. The third kappa shape index (κ3) is 3.61. The van der Waals surface area contributed by atoms with E-state index < -0.39 is 0 Å². The fourth-order valence-corrected chi connectivity index (χ4v) is 2.50. The third-order valence-electron chi connectivity index (χ3n) is 3.55. The van der Waals surface area contributed by atoms with Crippen molar-refractivity contribution in [1.29, 1.82) is 0 Å². The lowest BCUT2D eigenvalue weighted by molar-refractivity contribution is 0.436. The molecule has 0 spiro atoms. The Bertz CT molecular complexity index is 623. The summed E-state index contributed by atoms with van der Waals surface area (Å²) in [6.45, 7) is 6.81. The zero-order valence-corrected chi connectivity index (χ0v) is 12.8. The molecule has 0 atom stereocenters. The maximum absolute atomic E-state index is 14.0. The van der Waals surface area contributed by atoms with Crippen LogP contribution in [-0.2, 0) is 6.42 Å². The first-order valence-electron chi connectivity index (χ1n) is 7.28. The molecule has 0 bridgehead atoms. The monoisotopic (exact) mass is 287 g/mol. The van der Waals surface area contributed by atoms with Crippen LogP contribution in [0.2, 0.25) is 0 Å². The Hall–Kier alpha value is -1.87. The average molecular weight is 287 g/mol. The molecular formula is C18H22FNO. The minimum Gasteiger partial charge on any atom is -0.454 e. The van der Waals surface area contributed by atoms with E-state index in [2.05, 4.69) is 13.8 Å². The van der Waals surface area contributed by atoms with Gasteiger partial charge in [-0.05, 0) is 60.7 Å². The van der Waals surface area contributed by atoms with E-state index in [0.29, 0.717) is 24.6 Å². The summed E-state index contributed by atoms with van der Waals surface area (Å²) in [6.07, 6.45) is 0.593. The molecule has 0 aliphatic rings. The molecular weight excluding hydrogens is 265 g/mol. The molecule has 3 heteroatoms. The molecule has 0 aliphatic carbocycles. The van der Waals surface area contributed by atoms with E-state index in [1.54, 1.807) is 6.07 Å². The van der Waals surface area contributed by atoms with E-state index in [1.165, 1.54) is 11.6 Å². The fraction of sp³-hybridized carbons (Fsp3) is 0.333. The predicted molar refractivity (Wildman–Crippen MR) is 84.5 cm³/mol. The van der Waals surface area contributed by atoms with Crippen LogP contribution in [0.25, 0.3) is 0 Å². The highest BCUT2D eigenvalue weighted by atomic mass is 19.1. The quantitative estimate of drug-likeness (QED) is 0.875. The molecule has 0 unspecified atom stereocenters. The number of ether oxygens (including phenoxy) is 1. The lowest BCUT2D eigenvalue weighted by Crippen LogP contribution is -2.05. The molecule has 0 aromatic heterocycles. The van der Waals surface area contributed by atoms with E-state index in [1.807, 2.05) is 31.2 Å². The van der Waals surface area contributed by atoms with Gasteiger partial charge in [-0.1, -0.05) is 32.0 Å². The number of nitrogens with two attached hydrogens (primary N) is 1. The first-order valence-corrected chi connectivity index (χ1v) is 7.28. The van der Waals surface area contributed by atoms with Crippen LogP contribution >= 0.6 is 0 Å². The van der Waals surface area contributed by atoms with Gasteiger partial charge < -0.3 is 10.5 Å². The van der Waals surface area contributed by atoms with Crippen LogP contribution in [0.5, 0.6) is 11.5 Å². The van der Waals surface area contributed by atoms with Gasteiger partial charge in [0.2, 0.25) is 0 Å². The van der Waals surface area contributed by atoms with Crippen LogP contribution < -0.4 is 10.5 Å². The first kappa shape index (κ1) is 15.5. The molecule has 2 N–H and O–H groups in total. The number of para-hydroxylation sites is 1. The Kier molecular flexibility index (Phi) is 4.97. The van der Waals surface area contributed by atoms with Gasteiger partial charge in [-0.15, -0.1) is 0 Å². The van der Waals surface area contributed by atoms with E-state index in [-0.39, 0.29) is 11.6 Å². The summed E-state index contributed by atoms with van der Waals surface area (Å²) in [5.41, 5.74) is 8.79. The second kappa shape index (κ2) is 6.72. The lowest BCUT2D eigenvalue weighted by atomic mass is 9.98. The van der Waals surface area contributed by atoms with E-state index in [4.69, 9.17) is 10.5 Å². The van der Waals surface area contributed by atoms with Gasteiger partial charge >= 0.3 is 0 Å². The van der Waals surface area contributed by atoms with Gasteiger partial charge in [-0.25, -0.2) is 4.39 Å². The summed E-state index contributed by atoms with van der Waals surface area (Å²) in [4.78, 5) is 0. The minimum absolute atomic E-state index is 0.277. The summed E-state index contributed by atoms with van der Waals surface area (Å²) in [6, 6.07) is 10.8. The van der Waals surface area contributed by atoms with Crippen LogP contribution in [-0.4, -0.2) is 6.54 Å². The predicted octanol–water partition coefficient (Wildman–Crippen LogP) is 4.55. The number of hydrogen-bond donors (Lipinski definition) is 1. The van der Waals surface area contributed by atoms with Crippen molar-refractivity contribution >= 4 is 0 Å². The van der Waals surface area contributed by atoms with Gasteiger partial charge in [0.05, 0.1) is 0 Å². The Morgan fingerprint density at radius 3 is 2.57 bits per heavy atom. The van der Waals surface area contributed by atoms with Gasteiger partial charge in [-0.2, -0.15) is 0 Å². The Morgan fingerprint density at radius 1 is 1.19 bits per heavy atom. The highest BCUT2D eigenvalue weighted by molar-refractivity contribution is 5.42. The fourth-order valence-electron chi connectivity index (χ4n) is 2.50. The highest BCUT2D eigenvalue weighted by Crippen LogP contribution is 2.31. The molecule has 0 saturated heterocycles. The normalized spacial score (nSPS) is 11.0. The highest BCUT2D eigenvalue weighted by Gasteiger charge is 2.12. The van der Waals surface area contributed by atoms with E-state index >= 15 is 0 Å². The Balaban J connectivity index is 2.32. The maximum atomic E-state index is 14.0. The van der Waals surface area contributed by atoms with Crippen LogP contribution in [0, 0.1) is 12.7 Å². The maximum Gasteiger partial charge on any atom is 0.166 e. The van der Waals surface area contributed by atoms with Crippen LogP contribution in [0.15, 0.2) is 36.4 Å². The number of aryl methyl sites for hydroxylation is 1. The van der Waals surface area contributed by atoms with Crippen molar-refractivity contribution in [3.05, 3.63) is 58.9 Å². The molecule has 2 rings (SSSR count). The third-order valence-corrected chi connectivity index (χ3v) is 3.55. The van der Waals surface area contributed by atoms with Crippen molar-refractivity contribution in [2.75, 3.05) is 6.54 Å². The van der Waals surface area contributed by atoms with Crippen molar-refractivity contribution in [2.45, 2.75) is 33.1 Å². The van der Waals surface area contributed by atoms with Gasteiger partial charge in [0, 0.05) is 0 Å². The van der Waals surface area contributed by atoms with Crippen LogP contribution in [0.4, 0.5) is 4.39 Å². The largest absolute Gasteiger partial charge is 0.454 e. The smallest absolute Gasteiger partial charge is 0.166 e. The van der Waals surface area contributed by atoms with Crippen LogP contribution in [0.3, 0.4) is 0 Å². The standard InChI is InChI=1S/C18H22FNO/c1-12(2)16-8-7-15(11-13(16)3)21-18-14(9-10-20)5-4-6-17(18)19/h4-8,11-12H,9-10,20H2,1-3H3. The summed E-state index contributed by atoms with van der Waals surface area (Å²) < 4.78 is 19.8. The molecule has 2 aromatic rings. The summed E-state index contributed by atoms with van der Waals surface area (Å²) >= 11 is 0. The van der Waals surface area contributed by atoms with E-state index in [0.717, 1.165) is 11.1 Å². The van der Waals surface area contributed by atoms with Crippen molar-refractivity contribution in [1.82, 2.24) is 0 Å². The molecule has 0 saturated carbocycles. The molecule has 112 valence electrons. The Morgan fingerprint density at radius 2 is 1.95 bits per heavy atom. The average Bonchev–Trinajstić information content (AvgIpc) is 2.42. The summed E-state index contributed by atoms with van der Waals surface area (Å²) in [5, 5.41) is 0. The molecule has 0 amide bonds. The Labute approximate surface area is 125 Å². The lowest BCUT2D eigenvalue weighted by Gasteiger charge is -2.14. The molecule has 0 radical (unpaired) electrons. The van der Waals surface area contributed by atoms with Gasteiger partial charge in [0.25, 0.3) is 0 Å². The molecule has 0 heterocycles. The van der Waals surface area contributed by atoms with Gasteiger partial charge in [0.1, 0.15) is 5.75 Å². The zero-order chi connectivity index (χ0) is 15.4. The van der Waals surface area contributed by atoms with E-state index in [9.17, 15) is 4.39 Å². The van der Waals surface area contributed by atoms with Crippen molar-refractivity contribution in [2.24, 2.45) is 5.73 Å². The number of rotatable bonds is 5. The van der Waals surface area contributed by atoms with Crippen molar-refractivity contribution in [3.63, 3.8) is 0 Å². The van der Waals surface area contributed by atoms with Crippen molar-refractivity contribution in [3.8, 4) is 11.5 Å². The first-order chi connectivity index (χ1) is 10.0. The molecule has 0 aliphatic heterocycles. The molecule has 21 heavy (non-hydrogen) atoms. The van der Waals surface area contributed by atoms with Crippen molar-refractivity contribution < 1.29 is 9.13 Å². The second-order valence-corrected chi connectivity index (χ2v) is 5.54. The molecule has 2 nitrogen and oxygen atoms in total. The molecule has 0 fully saturated rings. The van der Waals surface area contributed by atoms with Gasteiger partial charge in [-0.3, -0.25) is 0 Å². The topological polar surface area (TPSA) is 35.2 Å².